The van der Waals surface area contributed by atoms with Crippen LogP contribution in [0, 0.1) is 6.92 Å². The lowest BCUT2D eigenvalue weighted by atomic mass is 10.1. The molecule has 1 aliphatic heterocycles. The standard InChI is InChI=1S/C23H28N6O2/c1-4-20-16(2)12-19(22(30)25-20)23(31)29-10-8-28(9-11-29)15-18-13-21(26-27(18)3)17-6-5-7-24-14-17/h5-7,12-14H,4,8-11,15H2,1-3H3,(H,25,30). The summed E-state index contributed by atoms with van der Waals surface area (Å²) in [6, 6.07) is 7.72. The highest BCUT2D eigenvalue weighted by atomic mass is 16.2. The van der Waals surface area contributed by atoms with Gasteiger partial charge in [-0.2, -0.15) is 5.10 Å². The van der Waals surface area contributed by atoms with Crippen LogP contribution in [0.3, 0.4) is 0 Å². The van der Waals surface area contributed by atoms with Gasteiger partial charge in [-0.25, -0.2) is 0 Å². The van der Waals surface area contributed by atoms with Crippen LogP contribution in [0.5, 0.6) is 0 Å². The molecule has 0 spiro atoms. The Morgan fingerprint density at radius 2 is 1.97 bits per heavy atom. The van der Waals surface area contributed by atoms with Crippen molar-refractivity contribution in [2.75, 3.05) is 26.2 Å². The van der Waals surface area contributed by atoms with Crippen LogP contribution in [0.4, 0.5) is 0 Å². The molecule has 0 unspecified atom stereocenters. The number of rotatable bonds is 5. The molecule has 1 amide bonds. The Kier molecular flexibility index (Phi) is 5.99. The average Bonchev–Trinajstić information content (AvgIpc) is 3.16. The Balaban J connectivity index is 1.39. The molecule has 0 saturated carbocycles. The summed E-state index contributed by atoms with van der Waals surface area (Å²) in [5, 5.41) is 4.61. The number of H-pyrrole nitrogens is 1. The maximum absolute atomic E-state index is 12.9. The number of aromatic nitrogens is 4. The second kappa shape index (κ2) is 8.85. The third-order valence-corrected chi connectivity index (χ3v) is 5.91. The molecule has 1 aliphatic rings. The van der Waals surface area contributed by atoms with Crippen molar-refractivity contribution < 1.29 is 4.79 Å². The van der Waals surface area contributed by atoms with Crippen molar-refractivity contribution >= 4 is 5.91 Å². The number of carbonyl (C=O) groups is 1. The number of hydrogen-bond acceptors (Lipinski definition) is 5. The maximum atomic E-state index is 12.9. The zero-order chi connectivity index (χ0) is 22.0. The van der Waals surface area contributed by atoms with Crippen molar-refractivity contribution in [1.29, 1.82) is 0 Å². The molecule has 31 heavy (non-hydrogen) atoms. The molecule has 0 atom stereocenters. The van der Waals surface area contributed by atoms with Crippen LogP contribution >= 0.6 is 0 Å². The molecule has 0 aromatic carbocycles. The van der Waals surface area contributed by atoms with Gasteiger partial charge < -0.3 is 9.88 Å². The zero-order valence-electron chi connectivity index (χ0n) is 18.3. The van der Waals surface area contributed by atoms with E-state index < -0.39 is 0 Å². The summed E-state index contributed by atoms with van der Waals surface area (Å²) < 4.78 is 1.90. The van der Waals surface area contributed by atoms with Crippen molar-refractivity contribution in [3.05, 3.63) is 69.5 Å². The largest absolute Gasteiger partial charge is 0.336 e. The fourth-order valence-electron chi connectivity index (χ4n) is 4.02. The predicted molar refractivity (Wildman–Crippen MR) is 119 cm³/mol. The van der Waals surface area contributed by atoms with Crippen molar-refractivity contribution in [2.24, 2.45) is 7.05 Å². The Morgan fingerprint density at radius 3 is 2.65 bits per heavy atom. The number of piperazine rings is 1. The number of aromatic amines is 1. The van der Waals surface area contributed by atoms with E-state index in [-0.39, 0.29) is 17.0 Å². The van der Waals surface area contributed by atoms with Crippen LogP contribution in [0.25, 0.3) is 11.3 Å². The molecule has 3 aromatic heterocycles. The molecule has 1 saturated heterocycles. The number of hydrogen-bond donors (Lipinski definition) is 1. The fourth-order valence-corrected chi connectivity index (χ4v) is 4.02. The van der Waals surface area contributed by atoms with Gasteiger partial charge in [0.1, 0.15) is 5.56 Å². The second-order valence-electron chi connectivity index (χ2n) is 7.98. The van der Waals surface area contributed by atoms with E-state index in [1.807, 2.05) is 43.9 Å². The fraction of sp³-hybridized carbons (Fsp3) is 0.391. The van der Waals surface area contributed by atoms with Gasteiger partial charge in [-0.15, -0.1) is 0 Å². The first-order chi connectivity index (χ1) is 15.0. The van der Waals surface area contributed by atoms with E-state index in [0.29, 0.717) is 13.1 Å². The molecule has 162 valence electrons. The SMILES string of the molecule is CCc1[nH]c(=O)c(C(=O)N2CCN(Cc3cc(-c4cccnc4)nn3C)CC2)cc1C. The predicted octanol–water partition coefficient (Wildman–Crippen LogP) is 2.00. The third-order valence-electron chi connectivity index (χ3n) is 5.91. The highest BCUT2D eigenvalue weighted by Gasteiger charge is 2.25. The molecule has 8 heteroatoms. The highest BCUT2D eigenvalue weighted by molar-refractivity contribution is 5.94. The molecule has 0 radical (unpaired) electrons. The van der Waals surface area contributed by atoms with Gasteiger partial charge in [0.2, 0.25) is 0 Å². The van der Waals surface area contributed by atoms with Crippen LogP contribution in [-0.4, -0.2) is 61.6 Å². The second-order valence-corrected chi connectivity index (χ2v) is 7.98. The monoisotopic (exact) mass is 420 g/mol. The maximum Gasteiger partial charge on any atom is 0.261 e. The summed E-state index contributed by atoms with van der Waals surface area (Å²) in [6.45, 7) is 7.38. The minimum absolute atomic E-state index is 0.189. The van der Waals surface area contributed by atoms with Gasteiger partial charge in [0, 0.05) is 63.4 Å². The van der Waals surface area contributed by atoms with E-state index in [1.54, 1.807) is 17.2 Å². The van der Waals surface area contributed by atoms with Crippen molar-refractivity contribution in [3.8, 4) is 11.3 Å². The van der Waals surface area contributed by atoms with Gasteiger partial charge in [-0.05, 0) is 43.2 Å². The van der Waals surface area contributed by atoms with Gasteiger partial charge in [0.05, 0.1) is 11.4 Å². The molecular formula is C23H28N6O2. The minimum Gasteiger partial charge on any atom is -0.336 e. The van der Waals surface area contributed by atoms with Gasteiger partial charge in [0.15, 0.2) is 0 Å². The zero-order valence-corrected chi connectivity index (χ0v) is 18.3. The van der Waals surface area contributed by atoms with Crippen molar-refractivity contribution in [3.63, 3.8) is 0 Å². The third kappa shape index (κ3) is 4.44. The van der Waals surface area contributed by atoms with Crippen LogP contribution in [0.15, 0.2) is 41.5 Å². The smallest absolute Gasteiger partial charge is 0.261 e. The van der Waals surface area contributed by atoms with E-state index in [2.05, 4.69) is 26.0 Å². The first-order valence-corrected chi connectivity index (χ1v) is 10.6. The van der Waals surface area contributed by atoms with E-state index in [0.717, 1.165) is 54.3 Å². The van der Waals surface area contributed by atoms with E-state index >= 15 is 0 Å². The van der Waals surface area contributed by atoms with Crippen LogP contribution in [-0.2, 0) is 20.0 Å². The molecule has 0 aliphatic carbocycles. The summed E-state index contributed by atoms with van der Waals surface area (Å²) in [5.41, 5.74) is 4.78. The first kappa shape index (κ1) is 21.0. The Hall–Kier alpha value is -3.26. The number of carbonyl (C=O) groups excluding carboxylic acids is 1. The van der Waals surface area contributed by atoms with Crippen LogP contribution in [0.2, 0.25) is 0 Å². The summed E-state index contributed by atoms with van der Waals surface area (Å²) >= 11 is 0. The lowest BCUT2D eigenvalue weighted by Crippen LogP contribution is -2.49. The quantitative estimate of drug-likeness (QED) is 0.682. The summed E-state index contributed by atoms with van der Waals surface area (Å²) in [7, 11) is 1.95. The Labute approximate surface area is 181 Å². The normalized spacial score (nSPS) is 14.7. The lowest BCUT2D eigenvalue weighted by Gasteiger charge is -2.34. The van der Waals surface area contributed by atoms with E-state index in [9.17, 15) is 9.59 Å². The number of pyridine rings is 2. The number of nitrogens with zero attached hydrogens (tertiary/aromatic N) is 5. The van der Waals surface area contributed by atoms with Crippen LogP contribution in [0.1, 0.15) is 34.2 Å². The molecule has 4 heterocycles. The molecule has 0 bridgehead atoms. The van der Waals surface area contributed by atoms with Crippen LogP contribution < -0.4 is 5.56 Å². The number of amides is 1. The summed E-state index contributed by atoms with van der Waals surface area (Å²) in [6.07, 6.45) is 4.30. The molecule has 4 rings (SSSR count). The Bertz CT molecular complexity index is 1130. The van der Waals surface area contributed by atoms with Crippen molar-refractivity contribution in [2.45, 2.75) is 26.8 Å². The molecule has 8 nitrogen and oxygen atoms in total. The van der Waals surface area contributed by atoms with Gasteiger partial charge in [-0.1, -0.05) is 6.92 Å². The summed E-state index contributed by atoms with van der Waals surface area (Å²) in [5.74, 6) is -0.189. The Morgan fingerprint density at radius 1 is 1.19 bits per heavy atom. The average molecular weight is 421 g/mol. The topological polar surface area (TPSA) is 87.1 Å². The molecule has 3 aromatic rings. The highest BCUT2D eigenvalue weighted by Crippen LogP contribution is 2.19. The first-order valence-electron chi connectivity index (χ1n) is 10.6. The van der Waals surface area contributed by atoms with E-state index in [4.69, 9.17) is 0 Å². The van der Waals surface area contributed by atoms with Gasteiger partial charge >= 0.3 is 0 Å². The van der Waals surface area contributed by atoms with Crippen molar-refractivity contribution in [1.82, 2.24) is 29.5 Å². The van der Waals surface area contributed by atoms with Gasteiger partial charge in [0.25, 0.3) is 11.5 Å². The number of nitrogens with one attached hydrogen (secondary N) is 1. The number of aryl methyl sites for hydroxylation is 3. The molecule has 1 N–H and O–H groups in total. The lowest BCUT2D eigenvalue weighted by molar-refractivity contribution is 0.0623. The molecule has 1 fully saturated rings. The molecular weight excluding hydrogens is 392 g/mol. The van der Waals surface area contributed by atoms with E-state index in [1.165, 1.54) is 0 Å². The summed E-state index contributed by atoms with van der Waals surface area (Å²) in [4.78, 5) is 36.4. The van der Waals surface area contributed by atoms with Gasteiger partial charge in [-0.3, -0.25) is 24.2 Å². The minimum atomic E-state index is -0.298.